The largest absolute Gasteiger partial charge is 0.351 e. The number of halogens is 2. The number of benzene rings is 1. The van der Waals surface area contributed by atoms with Crippen LogP contribution in [0.1, 0.15) is 25.3 Å². The molecule has 0 atom stereocenters. The van der Waals surface area contributed by atoms with Crippen LogP contribution in [0.3, 0.4) is 0 Å². The van der Waals surface area contributed by atoms with Crippen molar-refractivity contribution in [3.05, 3.63) is 35.4 Å². The highest BCUT2D eigenvalue weighted by molar-refractivity contribution is 5.79. The molecule has 5 heteroatoms. The van der Waals surface area contributed by atoms with Gasteiger partial charge in [-0.2, -0.15) is 0 Å². The second-order valence-electron chi connectivity index (χ2n) is 5.27. The Morgan fingerprint density at radius 3 is 2.68 bits per heavy atom. The summed E-state index contributed by atoms with van der Waals surface area (Å²) in [6.45, 7) is 3.72. The molecule has 1 heterocycles. The fourth-order valence-corrected chi connectivity index (χ4v) is 2.32. The van der Waals surface area contributed by atoms with E-state index in [0.29, 0.717) is 0 Å². The Kier molecular flexibility index (Phi) is 4.14. The van der Waals surface area contributed by atoms with Crippen LogP contribution < -0.4 is 10.6 Å². The van der Waals surface area contributed by atoms with Crippen LogP contribution >= 0.6 is 0 Å². The Morgan fingerprint density at radius 1 is 1.37 bits per heavy atom. The molecule has 0 bridgehead atoms. The predicted octanol–water partition coefficient (Wildman–Crippen LogP) is 1.77. The molecule has 1 saturated heterocycles. The Morgan fingerprint density at radius 2 is 2.05 bits per heavy atom. The zero-order valence-corrected chi connectivity index (χ0v) is 10.9. The first-order valence-corrected chi connectivity index (χ1v) is 6.44. The number of carbonyl (C=O) groups is 1. The minimum atomic E-state index is -0.675. The molecule has 0 radical (unpaired) electrons. The van der Waals surface area contributed by atoms with Crippen LogP contribution in [0.25, 0.3) is 0 Å². The van der Waals surface area contributed by atoms with Crippen molar-refractivity contribution in [2.24, 2.45) is 0 Å². The Hall–Kier alpha value is -1.49. The normalized spacial score (nSPS) is 18.1. The van der Waals surface area contributed by atoms with Gasteiger partial charge in [0.15, 0.2) is 0 Å². The molecule has 19 heavy (non-hydrogen) atoms. The van der Waals surface area contributed by atoms with Gasteiger partial charge in [0, 0.05) is 11.6 Å². The van der Waals surface area contributed by atoms with E-state index >= 15 is 0 Å². The van der Waals surface area contributed by atoms with Crippen molar-refractivity contribution in [1.29, 1.82) is 0 Å². The third-order valence-corrected chi connectivity index (χ3v) is 3.51. The van der Waals surface area contributed by atoms with Gasteiger partial charge >= 0.3 is 0 Å². The summed E-state index contributed by atoms with van der Waals surface area (Å²) in [5.74, 6) is -1.53. The summed E-state index contributed by atoms with van der Waals surface area (Å²) in [7, 11) is 0. The van der Waals surface area contributed by atoms with Crippen molar-refractivity contribution >= 4 is 5.91 Å². The first-order chi connectivity index (χ1) is 8.98. The number of amides is 1. The van der Waals surface area contributed by atoms with Gasteiger partial charge < -0.3 is 10.6 Å². The van der Waals surface area contributed by atoms with E-state index in [1.807, 2.05) is 6.92 Å². The van der Waals surface area contributed by atoms with E-state index in [4.69, 9.17) is 0 Å². The van der Waals surface area contributed by atoms with E-state index in [9.17, 15) is 13.6 Å². The van der Waals surface area contributed by atoms with E-state index in [2.05, 4.69) is 10.6 Å². The van der Waals surface area contributed by atoms with Crippen molar-refractivity contribution < 1.29 is 13.6 Å². The standard InChI is InChI=1S/C14H18F2N2O/c1-14(4-6-17-7-5-14)18-13(19)8-10-2-3-11(15)9-12(10)16/h2-3,9,17H,4-8H2,1H3,(H,18,19). The lowest BCUT2D eigenvalue weighted by atomic mass is 9.90. The van der Waals surface area contributed by atoms with Gasteiger partial charge in [0.1, 0.15) is 11.6 Å². The van der Waals surface area contributed by atoms with Crippen LogP contribution in [-0.2, 0) is 11.2 Å². The van der Waals surface area contributed by atoms with Gasteiger partial charge in [0.2, 0.25) is 5.91 Å². The Balaban J connectivity index is 1.97. The van der Waals surface area contributed by atoms with E-state index in [1.54, 1.807) is 0 Å². The highest BCUT2D eigenvalue weighted by atomic mass is 19.1. The summed E-state index contributed by atoms with van der Waals surface area (Å²) in [5.41, 5.74) is -0.0183. The molecule has 0 aliphatic carbocycles. The average molecular weight is 268 g/mol. The number of nitrogens with one attached hydrogen (secondary N) is 2. The van der Waals surface area contributed by atoms with E-state index in [1.165, 1.54) is 6.07 Å². The van der Waals surface area contributed by atoms with Crippen molar-refractivity contribution in [3.8, 4) is 0 Å². The quantitative estimate of drug-likeness (QED) is 0.877. The summed E-state index contributed by atoms with van der Waals surface area (Å²) in [5, 5.41) is 6.17. The maximum atomic E-state index is 13.5. The molecule has 3 nitrogen and oxygen atoms in total. The summed E-state index contributed by atoms with van der Waals surface area (Å²) in [6, 6.07) is 3.28. The van der Waals surface area contributed by atoms with Crippen LogP contribution in [0.5, 0.6) is 0 Å². The summed E-state index contributed by atoms with van der Waals surface area (Å²) >= 11 is 0. The molecule has 0 unspecified atom stereocenters. The average Bonchev–Trinajstić information content (AvgIpc) is 2.33. The fourth-order valence-electron chi connectivity index (χ4n) is 2.32. The molecule has 0 spiro atoms. The first-order valence-electron chi connectivity index (χ1n) is 6.44. The molecule has 2 rings (SSSR count). The maximum absolute atomic E-state index is 13.5. The lowest BCUT2D eigenvalue weighted by molar-refractivity contribution is -0.122. The van der Waals surface area contributed by atoms with Crippen molar-refractivity contribution in [3.63, 3.8) is 0 Å². The number of piperidine rings is 1. The van der Waals surface area contributed by atoms with Gasteiger partial charge in [-0.3, -0.25) is 4.79 Å². The summed E-state index contributed by atoms with van der Waals surface area (Å²) in [6.07, 6.45) is 1.64. The van der Waals surface area contributed by atoms with Gasteiger partial charge in [-0.25, -0.2) is 8.78 Å². The molecule has 1 fully saturated rings. The van der Waals surface area contributed by atoms with Gasteiger partial charge in [0.25, 0.3) is 0 Å². The Labute approximate surface area is 111 Å². The van der Waals surface area contributed by atoms with Gasteiger partial charge in [0.05, 0.1) is 6.42 Å². The first kappa shape index (κ1) is 13.9. The van der Waals surface area contributed by atoms with Crippen molar-refractivity contribution in [2.75, 3.05) is 13.1 Å². The minimum Gasteiger partial charge on any atom is -0.351 e. The number of hydrogen-bond donors (Lipinski definition) is 2. The summed E-state index contributed by atoms with van der Waals surface area (Å²) in [4.78, 5) is 11.9. The lowest BCUT2D eigenvalue weighted by Gasteiger charge is -2.35. The molecular weight excluding hydrogens is 250 g/mol. The van der Waals surface area contributed by atoms with Crippen LogP contribution in [-0.4, -0.2) is 24.5 Å². The monoisotopic (exact) mass is 268 g/mol. The second kappa shape index (κ2) is 5.65. The smallest absolute Gasteiger partial charge is 0.224 e. The van der Waals surface area contributed by atoms with E-state index in [-0.39, 0.29) is 23.4 Å². The summed E-state index contributed by atoms with van der Waals surface area (Å²) < 4.78 is 26.2. The third-order valence-electron chi connectivity index (χ3n) is 3.51. The molecule has 104 valence electrons. The van der Waals surface area contributed by atoms with E-state index < -0.39 is 11.6 Å². The fraction of sp³-hybridized carbons (Fsp3) is 0.500. The van der Waals surface area contributed by atoms with Crippen molar-refractivity contribution in [1.82, 2.24) is 10.6 Å². The van der Waals surface area contributed by atoms with Crippen molar-refractivity contribution in [2.45, 2.75) is 31.7 Å². The molecule has 1 aromatic rings. The maximum Gasteiger partial charge on any atom is 0.224 e. The number of rotatable bonds is 3. The zero-order chi connectivity index (χ0) is 13.9. The predicted molar refractivity (Wildman–Crippen MR) is 68.7 cm³/mol. The van der Waals surface area contributed by atoms with E-state index in [0.717, 1.165) is 38.1 Å². The molecule has 1 aliphatic rings. The Bertz CT molecular complexity index is 471. The second-order valence-corrected chi connectivity index (χ2v) is 5.27. The molecule has 2 N–H and O–H groups in total. The highest BCUT2D eigenvalue weighted by Crippen LogP contribution is 2.18. The molecule has 0 saturated carbocycles. The van der Waals surface area contributed by atoms with Crippen LogP contribution in [0, 0.1) is 11.6 Å². The van der Waals surface area contributed by atoms with Crippen LogP contribution in [0.15, 0.2) is 18.2 Å². The van der Waals surface area contributed by atoms with Crippen LogP contribution in [0.2, 0.25) is 0 Å². The van der Waals surface area contributed by atoms with Gasteiger partial charge in [-0.1, -0.05) is 6.07 Å². The zero-order valence-electron chi connectivity index (χ0n) is 10.9. The highest BCUT2D eigenvalue weighted by Gasteiger charge is 2.28. The third kappa shape index (κ3) is 3.73. The topological polar surface area (TPSA) is 41.1 Å². The number of hydrogen-bond acceptors (Lipinski definition) is 2. The van der Waals surface area contributed by atoms with Gasteiger partial charge in [-0.05, 0) is 44.5 Å². The van der Waals surface area contributed by atoms with Crippen LogP contribution in [0.4, 0.5) is 8.78 Å². The molecular formula is C14H18F2N2O. The minimum absolute atomic E-state index is 0.0604. The SMILES string of the molecule is CC1(NC(=O)Cc2ccc(F)cc2F)CCNCC1. The number of carbonyl (C=O) groups excluding carboxylic acids is 1. The van der Waals surface area contributed by atoms with Gasteiger partial charge in [-0.15, -0.1) is 0 Å². The molecule has 0 aromatic heterocycles. The molecule has 1 amide bonds. The lowest BCUT2D eigenvalue weighted by Crippen LogP contribution is -2.52. The molecule has 1 aliphatic heterocycles. The molecule has 1 aromatic carbocycles.